The van der Waals surface area contributed by atoms with Crippen LogP contribution >= 0.6 is 11.3 Å². The van der Waals surface area contributed by atoms with E-state index in [1.165, 1.54) is 51.4 Å². The number of aromatic nitrogens is 5. The summed E-state index contributed by atoms with van der Waals surface area (Å²) >= 11 is 1.25. The molecule has 15 heteroatoms. The third kappa shape index (κ3) is 7.44. The second-order valence-corrected chi connectivity index (χ2v) is 11.5. The van der Waals surface area contributed by atoms with Gasteiger partial charge in [0.1, 0.15) is 29.6 Å². The Labute approximate surface area is 279 Å². The zero-order valence-electron chi connectivity index (χ0n) is 25.5. The van der Waals surface area contributed by atoms with E-state index in [-0.39, 0.29) is 36.9 Å². The van der Waals surface area contributed by atoms with Crippen molar-refractivity contribution in [3.05, 3.63) is 112 Å². The Morgan fingerprint density at radius 3 is 2.66 bits per heavy atom. The molecule has 3 heterocycles. The first-order valence-corrected chi connectivity index (χ1v) is 15.0. The molecule has 0 aliphatic heterocycles. The Morgan fingerprint density at radius 1 is 1.21 bits per heavy atom. The molecule has 47 heavy (non-hydrogen) atoms. The predicted molar refractivity (Wildman–Crippen MR) is 163 cm³/mol. The summed E-state index contributed by atoms with van der Waals surface area (Å²) in [5, 5.41) is 37.4. The van der Waals surface area contributed by atoms with E-state index in [2.05, 4.69) is 21.1 Å². The number of aliphatic hydroxyl groups excluding tert-OH is 1. The lowest BCUT2D eigenvalue weighted by atomic mass is 9.82. The van der Waals surface area contributed by atoms with Crippen molar-refractivity contribution in [1.82, 2.24) is 19.7 Å². The van der Waals surface area contributed by atoms with Crippen LogP contribution in [0.1, 0.15) is 47.7 Å². The summed E-state index contributed by atoms with van der Waals surface area (Å²) in [7, 11) is 1.46. The van der Waals surface area contributed by atoms with Crippen molar-refractivity contribution < 1.29 is 45.5 Å². The predicted octanol–water partition coefficient (Wildman–Crippen LogP) is 1.82. The van der Waals surface area contributed by atoms with Gasteiger partial charge in [-0.15, -0.1) is 16.0 Å². The molecule has 5 aromatic rings. The van der Waals surface area contributed by atoms with Gasteiger partial charge in [0.25, 0.3) is 6.33 Å². The summed E-state index contributed by atoms with van der Waals surface area (Å²) in [6, 6.07) is 15.1. The molecule has 0 saturated heterocycles. The number of thiazole rings is 1. The number of nitrogens with zero attached hydrogens (tertiary/aromatic N) is 7. The van der Waals surface area contributed by atoms with Crippen molar-refractivity contribution in [2.24, 2.45) is 0 Å². The van der Waals surface area contributed by atoms with E-state index in [0.29, 0.717) is 21.8 Å². The fraction of sp³-hybridized carbons (Fsp3) is 0.250. The second kappa shape index (κ2) is 14.7. The molecular formula is C32H30ClF2N7O4S. The highest BCUT2D eigenvalue weighted by Crippen LogP contribution is 2.41. The molecule has 0 bridgehead atoms. The Bertz CT molecular complexity index is 1900. The molecule has 0 radical (unpaired) electrons. The van der Waals surface area contributed by atoms with Gasteiger partial charge in [0.15, 0.2) is 0 Å². The fourth-order valence-electron chi connectivity index (χ4n) is 4.91. The van der Waals surface area contributed by atoms with E-state index < -0.39 is 35.5 Å². The van der Waals surface area contributed by atoms with Crippen LogP contribution in [-0.2, 0) is 23.5 Å². The molecule has 0 aliphatic rings. The molecule has 2 aromatic carbocycles. The van der Waals surface area contributed by atoms with Crippen molar-refractivity contribution in [1.29, 1.82) is 5.26 Å². The number of aliphatic hydroxyl groups is 2. The van der Waals surface area contributed by atoms with Crippen LogP contribution in [0.2, 0.25) is 0 Å². The van der Waals surface area contributed by atoms with Crippen molar-refractivity contribution in [3.63, 3.8) is 0 Å². The minimum absolute atomic E-state index is 0. The Balaban J connectivity index is 0.00000500. The molecule has 0 spiro atoms. The van der Waals surface area contributed by atoms with Gasteiger partial charge < -0.3 is 27.4 Å². The zero-order chi connectivity index (χ0) is 33.0. The number of rotatable bonds is 10. The lowest BCUT2D eigenvalue weighted by molar-refractivity contribution is -0.753. The monoisotopic (exact) mass is 681 g/mol. The summed E-state index contributed by atoms with van der Waals surface area (Å²) < 4.78 is 38.0. The van der Waals surface area contributed by atoms with Crippen LogP contribution in [0, 0.1) is 23.0 Å². The van der Waals surface area contributed by atoms with Gasteiger partial charge in [-0.25, -0.2) is 23.5 Å². The topological polar surface area (TPSA) is 141 Å². The van der Waals surface area contributed by atoms with Crippen molar-refractivity contribution in [2.45, 2.75) is 44.7 Å². The Morgan fingerprint density at radius 2 is 1.96 bits per heavy atom. The van der Waals surface area contributed by atoms with Crippen LogP contribution in [0.15, 0.2) is 78.8 Å². The second-order valence-electron chi connectivity index (χ2n) is 10.6. The van der Waals surface area contributed by atoms with E-state index in [1.54, 1.807) is 55.6 Å². The van der Waals surface area contributed by atoms with Crippen LogP contribution in [0.3, 0.4) is 0 Å². The lowest BCUT2D eigenvalue weighted by Crippen LogP contribution is -3.00. The molecular weight excluding hydrogens is 652 g/mol. The zero-order valence-corrected chi connectivity index (χ0v) is 27.0. The van der Waals surface area contributed by atoms with Gasteiger partial charge in [-0.1, -0.05) is 25.1 Å². The van der Waals surface area contributed by atoms with Gasteiger partial charge in [0, 0.05) is 53.3 Å². The number of halogens is 3. The number of hydrogen-bond donors (Lipinski definition) is 2. The number of carbonyl (C=O) groups is 1. The largest absolute Gasteiger partial charge is 1.00 e. The van der Waals surface area contributed by atoms with E-state index >= 15 is 4.39 Å². The van der Waals surface area contributed by atoms with Gasteiger partial charge >= 0.3 is 6.09 Å². The van der Waals surface area contributed by atoms with Gasteiger partial charge in [-0.3, -0.25) is 4.90 Å². The maximum absolute atomic E-state index is 15.2. The molecule has 0 fully saturated rings. The van der Waals surface area contributed by atoms with Crippen molar-refractivity contribution >= 4 is 23.2 Å². The third-order valence-electron chi connectivity index (χ3n) is 7.64. The maximum Gasteiger partial charge on any atom is 0.418 e. The van der Waals surface area contributed by atoms with Crippen molar-refractivity contribution in [3.8, 4) is 17.3 Å². The van der Waals surface area contributed by atoms with Gasteiger partial charge in [-0.05, 0) is 36.4 Å². The highest BCUT2D eigenvalue weighted by molar-refractivity contribution is 7.10. The number of hydrogen-bond acceptors (Lipinski definition) is 9. The van der Waals surface area contributed by atoms with Crippen LogP contribution in [0.4, 0.5) is 19.4 Å². The molecule has 0 saturated carbocycles. The Kier molecular flexibility index (Phi) is 11.0. The summed E-state index contributed by atoms with van der Waals surface area (Å²) in [4.78, 5) is 22.9. The fourth-order valence-corrected chi connectivity index (χ4v) is 5.88. The molecule has 2 N–H and O–H groups in total. The first-order valence-electron chi connectivity index (χ1n) is 14.1. The number of nitriles is 1. The van der Waals surface area contributed by atoms with Crippen LogP contribution in [0.25, 0.3) is 11.3 Å². The quantitative estimate of drug-likeness (QED) is 0.213. The van der Waals surface area contributed by atoms with Gasteiger partial charge in [0.05, 0.1) is 28.9 Å². The first-order chi connectivity index (χ1) is 22.0. The highest BCUT2D eigenvalue weighted by atomic mass is 35.5. The van der Waals surface area contributed by atoms with Crippen LogP contribution in [0.5, 0.6) is 0 Å². The summed E-state index contributed by atoms with van der Waals surface area (Å²) in [6.45, 7) is 2.65. The summed E-state index contributed by atoms with van der Waals surface area (Å²) in [6.07, 6.45) is 2.72. The van der Waals surface area contributed by atoms with E-state index in [9.17, 15) is 19.4 Å². The standard InChI is InChI=1S/C32H30F2N7O4S.ClH/c1-20(30-38-28(16-46-30)23-8-6-22(14-35)7-9-23)32(44,26-13-25(33)10-11-27(26)34)17-41-19-40(18-37-41)21(2)45-31(43)39(3)29-24(15-42)5-4-12-36-29;/h4-13,16,18-21,42,44H,15,17H2,1-3H3;1H/q+1;/p-1/t20-,21?,32-;/m1./s1. The van der Waals surface area contributed by atoms with Crippen LogP contribution < -0.4 is 21.9 Å². The molecule has 1 amide bonds. The molecule has 3 aromatic heterocycles. The minimum atomic E-state index is -2.02. The van der Waals surface area contributed by atoms with E-state index in [0.717, 1.165) is 23.8 Å². The number of amides is 1. The average Bonchev–Trinajstić information content (AvgIpc) is 3.75. The van der Waals surface area contributed by atoms with E-state index in [4.69, 9.17) is 10.00 Å². The average molecular weight is 682 g/mol. The molecule has 1 unspecified atom stereocenters. The molecule has 3 atom stereocenters. The first kappa shape index (κ1) is 35.1. The number of ether oxygens (including phenoxy) is 1. The molecule has 11 nitrogen and oxygen atoms in total. The SMILES string of the molecule is CC(OC(=O)N(C)c1ncccc1CO)[n+]1cnn(C[C@](O)(c2cc(F)ccc2F)[C@H](C)c2nc(-c3ccc(C#N)cc3)cs2)c1.[Cl-]. The number of anilines is 1. The van der Waals surface area contributed by atoms with Gasteiger partial charge in [-0.2, -0.15) is 9.83 Å². The number of carbonyl (C=O) groups excluding carboxylic acids is 1. The molecule has 244 valence electrons. The molecule has 0 aliphatic carbocycles. The molecule has 5 rings (SSSR count). The summed E-state index contributed by atoms with van der Waals surface area (Å²) in [5.74, 6) is -2.12. The van der Waals surface area contributed by atoms with Gasteiger partial charge in [0.2, 0.25) is 12.6 Å². The smallest absolute Gasteiger partial charge is 0.418 e. The van der Waals surface area contributed by atoms with Crippen LogP contribution in [-0.4, -0.2) is 43.1 Å². The number of pyridine rings is 1. The Hall–Kier alpha value is -4.81. The lowest BCUT2D eigenvalue weighted by Gasteiger charge is -2.32. The third-order valence-corrected chi connectivity index (χ3v) is 8.66. The normalized spacial score (nSPS) is 13.5. The minimum Gasteiger partial charge on any atom is -1.00 e. The summed E-state index contributed by atoms with van der Waals surface area (Å²) in [5.41, 5.74) is 0.0148. The van der Waals surface area contributed by atoms with E-state index in [1.807, 2.05) is 0 Å². The highest BCUT2D eigenvalue weighted by Gasteiger charge is 2.43. The number of benzene rings is 2. The maximum atomic E-state index is 15.2. The van der Waals surface area contributed by atoms with Crippen molar-refractivity contribution in [2.75, 3.05) is 11.9 Å².